The van der Waals surface area contributed by atoms with Gasteiger partial charge >= 0.3 is 0 Å². The zero-order valence-corrected chi connectivity index (χ0v) is 6.83. The largest absolute Gasteiger partial charge is 0.326 e. The summed E-state index contributed by atoms with van der Waals surface area (Å²) in [4.78, 5) is 0. The average Bonchev–Trinajstić information content (AvgIpc) is 1.94. The standard InChI is InChI=1S/C8H16N2/c1-7-5-3-4-6-8(7)10-9-2/h9-10H,3-6H2,1-2H3. The molecule has 2 nitrogen and oxygen atoms in total. The van der Waals surface area contributed by atoms with Crippen molar-refractivity contribution in [2.45, 2.75) is 32.6 Å². The predicted octanol–water partition coefficient (Wildman–Crippen LogP) is 1.56. The third kappa shape index (κ3) is 1.74. The number of rotatable bonds is 2. The molecule has 0 saturated carbocycles. The summed E-state index contributed by atoms with van der Waals surface area (Å²) in [5, 5.41) is 0. The number of hydrogen-bond donors (Lipinski definition) is 2. The lowest BCUT2D eigenvalue weighted by molar-refractivity contribution is 0.577. The Kier molecular flexibility index (Phi) is 2.75. The molecule has 10 heavy (non-hydrogen) atoms. The molecule has 0 heterocycles. The summed E-state index contributed by atoms with van der Waals surface area (Å²) in [5.74, 6) is 0. The van der Waals surface area contributed by atoms with Gasteiger partial charge in [-0.15, -0.1) is 0 Å². The second kappa shape index (κ2) is 3.62. The molecule has 1 aliphatic carbocycles. The van der Waals surface area contributed by atoms with E-state index in [1.807, 2.05) is 7.05 Å². The summed E-state index contributed by atoms with van der Waals surface area (Å²) in [6, 6.07) is 0. The molecule has 0 radical (unpaired) electrons. The molecule has 0 atom stereocenters. The Morgan fingerprint density at radius 2 is 1.90 bits per heavy atom. The zero-order chi connectivity index (χ0) is 7.40. The van der Waals surface area contributed by atoms with Crippen LogP contribution < -0.4 is 10.9 Å². The van der Waals surface area contributed by atoms with Gasteiger partial charge in [0.2, 0.25) is 0 Å². The van der Waals surface area contributed by atoms with Crippen LogP contribution in [-0.4, -0.2) is 7.05 Å². The summed E-state index contributed by atoms with van der Waals surface area (Å²) in [5.41, 5.74) is 9.04. The number of hydrazine groups is 1. The van der Waals surface area contributed by atoms with Crippen LogP contribution in [-0.2, 0) is 0 Å². The Balaban J connectivity index is 2.50. The second-order valence-corrected chi connectivity index (χ2v) is 2.84. The van der Waals surface area contributed by atoms with Crippen LogP contribution in [0.4, 0.5) is 0 Å². The summed E-state index contributed by atoms with van der Waals surface area (Å²) in [7, 11) is 1.91. The van der Waals surface area contributed by atoms with E-state index < -0.39 is 0 Å². The first-order chi connectivity index (χ1) is 4.84. The highest BCUT2D eigenvalue weighted by molar-refractivity contribution is 5.12. The van der Waals surface area contributed by atoms with Crippen LogP contribution in [0.25, 0.3) is 0 Å². The van der Waals surface area contributed by atoms with Crippen LogP contribution in [0, 0.1) is 0 Å². The molecule has 58 valence electrons. The van der Waals surface area contributed by atoms with Crippen molar-refractivity contribution in [1.82, 2.24) is 10.9 Å². The molecule has 0 spiro atoms. The van der Waals surface area contributed by atoms with Crippen molar-refractivity contribution in [2.75, 3.05) is 7.05 Å². The molecule has 0 aromatic heterocycles. The maximum Gasteiger partial charge on any atom is 0.0250 e. The maximum absolute atomic E-state index is 3.16. The fourth-order valence-corrected chi connectivity index (χ4v) is 1.38. The van der Waals surface area contributed by atoms with Gasteiger partial charge in [0.25, 0.3) is 0 Å². The third-order valence-corrected chi connectivity index (χ3v) is 2.02. The van der Waals surface area contributed by atoms with Gasteiger partial charge in [0.05, 0.1) is 0 Å². The lowest BCUT2D eigenvalue weighted by atomic mass is 9.98. The summed E-state index contributed by atoms with van der Waals surface area (Å²) >= 11 is 0. The SMILES string of the molecule is CNNC1=C(C)CCCC1. The quantitative estimate of drug-likeness (QED) is 0.569. The Hall–Kier alpha value is -0.500. The summed E-state index contributed by atoms with van der Waals surface area (Å²) in [6.45, 7) is 2.21. The first-order valence-corrected chi connectivity index (χ1v) is 3.96. The highest BCUT2D eigenvalue weighted by atomic mass is 15.3. The van der Waals surface area contributed by atoms with Crippen LogP contribution in [0.1, 0.15) is 32.6 Å². The van der Waals surface area contributed by atoms with E-state index in [0.29, 0.717) is 0 Å². The molecule has 0 amide bonds. The first-order valence-electron chi connectivity index (χ1n) is 3.96. The van der Waals surface area contributed by atoms with E-state index in [2.05, 4.69) is 17.8 Å². The van der Waals surface area contributed by atoms with Crippen molar-refractivity contribution in [2.24, 2.45) is 0 Å². The fraction of sp³-hybridized carbons (Fsp3) is 0.750. The van der Waals surface area contributed by atoms with Crippen molar-refractivity contribution in [3.8, 4) is 0 Å². The van der Waals surface area contributed by atoms with Gasteiger partial charge in [0, 0.05) is 12.7 Å². The lowest BCUT2D eigenvalue weighted by Crippen LogP contribution is -2.28. The molecule has 0 aromatic carbocycles. The average molecular weight is 140 g/mol. The van der Waals surface area contributed by atoms with Gasteiger partial charge in [-0.1, -0.05) is 5.57 Å². The molecule has 0 unspecified atom stereocenters. The summed E-state index contributed by atoms with van der Waals surface area (Å²) in [6.07, 6.45) is 5.18. The topological polar surface area (TPSA) is 24.1 Å². The molecule has 1 aliphatic rings. The third-order valence-electron chi connectivity index (χ3n) is 2.02. The maximum atomic E-state index is 3.16. The number of hydrogen-bond acceptors (Lipinski definition) is 2. The van der Waals surface area contributed by atoms with Crippen LogP contribution in [0.5, 0.6) is 0 Å². The Labute approximate surface area is 62.7 Å². The number of nitrogens with one attached hydrogen (secondary N) is 2. The number of allylic oxidation sites excluding steroid dienone is 2. The van der Waals surface area contributed by atoms with E-state index in [4.69, 9.17) is 0 Å². The Morgan fingerprint density at radius 1 is 1.20 bits per heavy atom. The van der Waals surface area contributed by atoms with Crippen molar-refractivity contribution < 1.29 is 0 Å². The highest BCUT2D eigenvalue weighted by Crippen LogP contribution is 2.21. The van der Waals surface area contributed by atoms with Crippen molar-refractivity contribution in [1.29, 1.82) is 0 Å². The molecule has 1 rings (SSSR count). The van der Waals surface area contributed by atoms with E-state index in [1.165, 1.54) is 37.0 Å². The second-order valence-electron chi connectivity index (χ2n) is 2.84. The molecule has 0 aliphatic heterocycles. The zero-order valence-electron chi connectivity index (χ0n) is 6.83. The normalized spacial score (nSPS) is 19.4. The van der Waals surface area contributed by atoms with E-state index in [0.717, 1.165) is 0 Å². The van der Waals surface area contributed by atoms with Gasteiger partial charge in [-0.3, -0.25) is 0 Å². The molecule has 2 heteroatoms. The monoisotopic (exact) mass is 140 g/mol. The Bertz CT molecular complexity index is 138. The molecule has 0 saturated heterocycles. The Morgan fingerprint density at radius 3 is 2.50 bits per heavy atom. The van der Waals surface area contributed by atoms with Crippen LogP contribution >= 0.6 is 0 Å². The highest BCUT2D eigenvalue weighted by Gasteiger charge is 2.06. The van der Waals surface area contributed by atoms with E-state index in [1.54, 1.807) is 0 Å². The fourth-order valence-electron chi connectivity index (χ4n) is 1.38. The van der Waals surface area contributed by atoms with Crippen molar-refractivity contribution in [3.05, 3.63) is 11.3 Å². The lowest BCUT2D eigenvalue weighted by Gasteiger charge is -2.18. The molecule has 0 bridgehead atoms. The van der Waals surface area contributed by atoms with Gasteiger partial charge in [0.15, 0.2) is 0 Å². The van der Waals surface area contributed by atoms with Crippen molar-refractivity contribution >= 4 is 0 Å². The van der Waals surface area contributed by atoms with Crippen LogP contribution in [0.3, 0.4) is 0 Å². The smallest absolute Gasteiger partial charge is 0.0250 e. The van der Waals surface area contributed by atoms with E-state index in [9.17, 15) is 0 Å². The van der Waals surface area contributed by atoms with Gasteiger partial charge in [-0.2, -0.15) is 0 Å². The van der Waals surface area contributed by atoms with Crippen LogP contribution in [0.2, 0.25) is 0 Å². The van der Waals surface area contributed by atoms with Gasteiger partial charge in [-0.05, 0) is 32.6 Å². The minimum atomic E-state index is 1.21. The van der Waals surface area contributed by atoms with Crippen LogP contribution in [0.15, 0.2) is 11.3 Å². The minimum absolute atomic E-state index is 1.21. The molecule has 0 aromatic rings. The van der Waals surface area contributed by atoms with Gasteiger partial charge in [-0.25, -0.2) is 5.43 Å². The molecule has 2 N–H and O–H groups in total. The molecular formula is C8H16N2. The van der Waals surface area contributed by atoms with Crippen molar-refractivity contribution in [3.63, 3.8) is 0 Å². The van der Waals surface area contributed by atoms with E-state index >= 15 is 0 Å². The predicted molar refractivity (Wildman–Crippen MR) is 43.4 cm³/mol. The molecule has 0 fully saturated rings. The van der Waals surface area contributed by atoms with Gasteiger partial charge in [0.1, 0.15) is 0 Å². The summed E-state index contributed by atoms with van der Waals surface area (Å²) < 4.78 is 0. The minimum Gasteiger partial charge on any atom is -0.326 e. The first kappa shape index (κ1) is 7.61. The van der Waals surface area contributed by atoms with Gasteiger partial charge < -0.3 is 5.43 Å². The molecular weight excluding hydrogens is 124 g/mol. The van der Waals surface area contributed by atoms with E-state index in [-0.39, 0.29) is 0 Å².